The van der Waals surface area contributed by atoms with Crippen LogP contribution in [0.4, 0.5) is 4.79 Å². The van der Waals surface area contributed by atoms with Crippen molar-refractivity contribution >= 4 is 6.16 Å². The number of carbonyl (C=O) groups excluding carboxylic acids is 1. The van der Waals surface area contributed by atoms with Crippen LogP contribution in [0.1, 0.15) is 65.7 Å². The topological polar surface area (TPSA) is 35.5 Å². The Morgan fingerprint density at radius 3 is 1.86 bits per heavy atom. The number of cyclic esters (lactones) is 2. The molecular weight excluding hydrogens is 266 g/mol. The van der Waals surface area contributed by atoms with E-state index >= 15 is 0 Å². The van der Waals surface area contributed by atoms with Gasteiger partial charge in [0.1, 0.15) is 12.7 Å². The van der Waals surface area contributed by atoms with Crippen molar-refractivity contribution in [1.29, 1.82) is 0 Å². The Hall–Kier alpha value is -0.770. The van der Waals surface area contributed by atoms with Crippen LogP contribution in [-0.2, 0) is 9.47 Å². The van der Waals surface area contributed by atoms with E-state index in [1.165, 1.54) is 62.6 Å². The first-order chi connectivity index (χ1) is 10.2. The third-order valence-corrected chi connectivity index (χ3v) is 4.53. The SMILES string of the molecule is CCCC[N+](CCCC)(CCCC)CCC1COC(=O)O1. The van der Waals surface area contributed by atoms with E-state index < -0.39 is 6.16 Å². The summed E-state index contributed by atoms with van der Waals surface area (Å²) in [6.45, 7) is 12.1. The molecule has 1 unspecified atom stereocenters. The zero-order chi connectivity index (χ0) is 15.6. The molecule has 0 aromatic heterocycles. The molecule has 1 fully saturated rings. The van der Waals surface area contributed by atoms with Crippen molar-refractivity contribution < 1.29 is 18.8 Å². The highest BCUT2D eigenvalue weighted by molar-refractivity contribution is 5.61. The summed E-state index contributed by atoms with van der Waals surface area (Å²) in [7, 11) is 0. The van der Waals surface area contributed by atoms with Gasteiger partial charge in [-0.25, -0.2) is 4.79 Å². The Labute approximate surface area is 130 Å². The van der Waals surface area contributed by atoms with Gasteiger partial charge >= 0.3 is 6.16 Å². The van der Waals surface area contributed by atoms with E-state index in [9.17, 15) is 4.79 Å². The average Bonchev–Trinajstić information content (AvgIpc) is 2.91. The van der Waals surface area contributed by atoms with Crippen molar-refractivity contribution in [2.24, 2.45) is 0 Å². The minimum absolute atomic E-state index is 0.0279. The standard InChI is InChI=1S/C17H34NO3/c1-4-7-11-18(12-8-5-2,13-9-6-3)14-10-16-15-20-17(19)21-16/h16H,4-15H2,1-3H3/q+1. The van der Waals surface area contributed by atoms with Crippen molar-refractivity contribution in [1.82, 2.24) is 0 Å². The second-order valence-corrected chi connectivity index (χ2v) is 6.39. The van der Waals surface area contributed by atoms with E-state index in [0.29, 0.717) is 6.61 Å². The molecule has 1 aliphatic heterocycles. The second-order valence-electron chi connectivity index (χ2n) is 6.39. The van der Waals surface area contributed by atoms with Crippen LogP contribution < -0.4 is 0 Å². The molecule has 1 aliphatic rings. The molecule has 0 aromatic carbocycles. The van der Waals surface area contributed by atoms with E-state index in [0.717, 1.165) is 13.0 Å². The van der Waals surface area contributed by atoms with Gasteiger partial charge in [0.15, 0.2) is 0 Å². The van der Waals surface area contributed by atoms with Gasteiger partial charge in [-0.3, -0.25) is 0 Å². The van der Waals surface area contributed by atoms with Crippen LogP contribution in [0.5, 0.6) is 0 Å². The highest BCUT2D eigenvalue weighted by Crippen LogP contribution is 2.19. The van der Waals surface area contributed by atoms with Crippen molar-refractivity contribution in [2.75, 3.05) is 32.8 Å². The zero-order valence-corrected chi connectivity index (χ0v) is 14.2. The Morgan fingerprint density at radius 2 is 1.48 bits per heavy atom. The van der Waals surface area contributed by atoms with Crippen molar-refractivity contribution in [3.05, 3.63) is 0 Å². The number of hydrogen-bond acceptors (Lipinski definition) is 3. The fourth-order valence-corrected chi connectivity index (χ4v) is 3.08. The van der Waals surface area contributed by atoms with Crippen LogP contribution >= 0.6 is 0 Å². The van der Waals surface area contributed by atoms with Crippen molar-refractivity contribution in [3.63, 3.8) is 0 Å². The monoisotopic (exact) mass is 300 g/mol. The number of quaternary nitrogens is 1. The van der Waals surface area contributed by atoms with Gasteiger partial charge in [0.25, 0.3) is 0 Å². The lowest BCUT2D eigenvalue weighted by Crippen LogP contribution is -2.51. The molecule has 124 valence electrons. The zero-order valence-electron chi connectivity index (χ0n) is 14.2. The van der Waals surface area contributed by atoms with Crippen LogP contribution in [0.15, 0.2) is 0 Å². The molecule has 0 spiro atoms. The number of hydrogen-bond donors (Lipinski definition) is 0. The Kier molecular flexibility index (Phi) is 8.74. The molecule has 4 nitrogen and oxygen atoms in total. The molecule has 0 N–H and O–H groups in total. The summed E-state index contributed by atoms with van der Waals surface area (Å²) in [5.41, 5.74) is 0. The summed E-state index contributed by atoms with van der Waals surface area (Å²) in [5, 5.41) is 0. The number of rotatable bonds is 12. The molecule has 1 saturated heterocycles. The maximum Gasteiger partial charge on any atom is 0.508 e. The third kappa shape index (κ3) is 6.68. The number of ether oxygens (including phenoxy) is 2. The fourth-order valence-electron chi connectivity index (χ4n) is 3.08. The van der Waals surface area contributed by atoms with Gasteiger partial charge in [-0.1, -0.05) is 40.0 Å². The molecule has 0 bridgehead atoms. The molecule has 1 rings (SSSR count). The second kappa shape index (κ2) is 10.0. The van der Waals surface area contributed by atoms with Crippen molar-refractivity contribution in [2.45, 2.75) is 71.8 Å². The van der Waals surface area contributed by atoms with E-state index in [-0.39, 0.29) is 6.10 Å². The lowest BCUT2D eigenvalue weighted by atomic mass is 10.1. The fraction of sp³-hybridized carbons (Fsp3) is 0.941. The maximum atomic E-state index is 11.0. The Balaban J connectivity index is 2.58. The van der Waals surface area contributed by atoms with Crippen molar-refractivity contribution in [3.8, 4) is 0 Å². The predicted molar refractivity (Wildman–Crippen MR) is 85.3 cm³/mol. The largest absolute Gasteiger partial charge is 0.508 e. The predicted octanol–water partition coefficient (Wildman–Crippen LogP) is 4.13. The van der Waals surface area contributed by atoms with Crippen LogP contribution in [0.25, 0.3) is 0 Å². The lowest BCUT2D eigenvalue weighted by molar-refractivity contribution is -0.929. The molecule has 0 saturated carbocycles. The lowest BCUT2D eigenvalue weighted by Gasteiger charge is -2.39. The summed E-state index contributed by atoms with van der Waals surface area (Å²) < 4.78 is 11.3. The van der Waals surface area contributed by atoms with E-state index in [1.54, 1.807) is 0 Å². The molecule has 0 amide bonds. The summed E-state index contributed by atoms with van der Waals surface area (Å²) in [4.78, 5) is 11.0. The molecular formula is C17H34NO3+. The average molecular weight is 300 g/mol. The maximum absolute atomic E-state index is 11.0. The first-order valence-corrected chi connectivity index (χ1v) is 8.84. The number of unbranched alkanes of at least 4 members (excludes halogenated alkanes) is 3. The Morgan fingerprint density at radius 1 is 0.952 bits per heavy atom. The molecule has 4 heteroatoms. The van der Waals surface area contributed by atoms with Crippen LogP contribution in [0.2, 0.25) is 0 Å². The highest BCUT2D eigenvalue weighted by Gasteiger charge is 2.31. The van der Waals surface area contributed by atoms with E-state index in [1.807, 2.05) is 0 Å². The van der Waals surface area contributed by atoms with E-state index in [4.69, 9.17) is 9.47 Å². The minimum Gasteiger partial charge on any atom is -0.430 e. The first-order valence-electron chi connectivity index (χ1n) is 8.84. The van der Waals surface area contributed by atoms with Crippen LogP contribution in [0.3, 0.4) is 0 Å². The van der Waals surface area contributed by atoms with Gasteiger partial charge in [-0.2, -0.15) is 0 Å². The van der Waals surface area contributed by atoms with E-state index in [2.05, 4.69) is 20.8 Å². The van der Waals surface area contributed by atoms with Gasteiger partial charge in [-0.05, 0) is 19.3 Å². The summed E-state index contributed by atoms with van der Waals surface area (Å²) >= 11 is 0. The van der Waals surface area contributed by atoms with Gasteiger partial charge in [-0.15, -0.1) is 0 Å². The molecule has 1 atom stereocenters. The first kappa shape index (κ1) is 18.3. The minimum atomic E-state index is -0.492. The van der Waals surface area contributed by atoms with Crippen LogP contribution in [-0.4, -0.2) is 49.5 Å². The van der Waals surface area contributed by atoms with Gasteiger partial charge in [0.2, 0.25) is 0 Å². The molecule has 21 heavy (non-hydrogen) atoms. The van der Waals surface area contributed by atoms with Crippen LogP contribution in [0, 0.1) is 0 Å². The third-order valence-electron chi connectivity index (χ3n) is 4.53. The summed E-state index contributed by atoms with van der Waals surface area (Å²) in [5.74, 6) is 0. The summed E-state index contributed by atoms with van der Waals surface area (Å²) in [6, 6.07) is 0. The molecule has 0 aliphatic carbocycles. The quantitative estimate of drug-likeness (QED) is 0.401. The van der Waals surface area contributed by atoms with Gasteiger partial charge in [0.05, 0.1) is 26.2 Å². The molecule has 0 radical (unpaired) electrons. The van der Waals surface area contributed by atoms with Gasteiger partial charge in [0, 0.05) is 6.42 Å². The normalized spacial score (nSPS) is 18.6. The van der Waals surface area contributed by atoms with Gasteiger partial charge < -0.3 is 14.0 Å². The number of carbonyl (C=O) groups is 1. The summed E-state index contributed by atoms with van der Waals surface area (Å²) in [6.07, 6.45) is 8.02. The molecule has 1 heterocycles. The smallest absolute Gasteiger partial charge is 0.430 e. The molecule has 0 aromatic rings. The number of nitrogens with zero attached hydrogens (tertiary/aromatic N) is 1. The highest BCUT2D eigenvalue weighted by atomic mass is 16.8. The Bertz CT molecular complexity index is 272.